The van der Waals surface area contributed by atoms with E-state index >= 15 is 0 Å². The molecule has 1 aromatic heterocycles. The van der Waals surface area contributed by atoms with Crippen molar-refractivity contribution in [1.82, 2.24) is 15.2 Å². The summed E-state index contributed by atoms with van der Waals surface area (Å²) in [4.78, 5) is 30.5. The van der Waals surface area contributed by atoms with E-state index in [1.165, 1.54) is 0 Å². The minimum Gasteiger partial charge on any atom is -0.497 e. The molecule has 164 valence electrons. The van der Waals surface area contributed by atoms with Gasteiger partial charge in [0.15, 0.2) is 0 Å². The standard InChI is InChI=1S/C23H27N3O5/c1-3-13-12-26-9-7-14(13)10-19(26)20(21(22(27)28)25-23(29)30)16-6-8-24-18-5-4-15(31-2)11-17(16)18/h3-6,8,11,13-14,19-21,25H,1,7,9-10,12H2,2H3,(H,27,28)(H,29,30). The van der Waals surface area contributed by atoms with Crippen LogP contribution in [-0.2, 0) is 4.79 Å². The molecule has 1 amide bonds. The van der Waals surface area contributed by atoms with E-state index in [2.05, 4.69) is 21.8 Å². The summed E-state index contributed by atoms with van der Waals surface area (Å²) >= 11 is 0. The number of hydrogen-bond acceptors (Lipinski definition) is 5. The Kier molecular flexibility index (Phi) is 5.82. The number of carboxylic acid groups (broad SMARTS) is 2. The number of hydrogen-bond donors (Lipinski definition) is 3. The van der Waals surface area contributed by atoms with Crippen molar-refractivity contribution in [2.24, 2.45) is 11.8 Å². The number of fused-ring (bicyclic) bond motifs is 4. The minimum atomic E-state index is -1.35. The van der Waals surface area contributed by atoms with Gasteiger partial charge in [0.25, 0.3) is 0 Å². The number of pyridine rings is 1. The molecule has 31 heavy (non-hydrogen) atoms. The third kappa shape index (κ3) is 3.95. The number of benzene rings is 1. The molecule has 8 heteroatoms. The molecule has 6 atom stereocenters. The number of nitrogens with zero attached hydrogens (tertiary/aromatic N) is 2. The van der Waals surface area contributed by atoms with Crippen LogP contribution in [0.3, 0.4) is 0 Å². The van der Waals surface area contributed by atoms with Crippen LogP contribution in [0.5, 0.6) is 5.75 Å². The van der Waals surface area contributed by atoms with Crippen LogP contribution in [0.15, 0.2) is 43.1 Å². The molecule has 3 aliphatic rings. The van der Waals surface area contributed by atoms with E-state index in [-0.39, 0.29) is 6.04 Å². The fourth-order valence-electron chi connectivity index (χ4n) is 5.36. The van der Waals surface area contributed by atoms with Crippen LogP contribution in [-0.4, -0.2) is 64.4 Å². The molecule has 3 N–H and O–H groups in total. The van der Waals surface area contributed by atoms with Crippen molar-refractivity contribution < 1.29 is 24.5 Å². The maximum atomic E-state index is 12.3. The third-order valence-electron chi connectivity index (χ3n) is 6.81. The van der Waals surface area contributed by atoms with Gasteiger partial charge in [-0.2, -0.15) is 0 Å². The second-order valence-electron chi connectivity index (χ2n) is 8.32. The van der Waals surface area contributed by atoms with Crippen molar-refractivity contribution in [2.45, 2.75) is 30.8 Å². The first kappa shape index (κ1) is 21.1. The molecule has 2 aromatic rings. The van der Waals surface area contributed by atoms with Crippen molar-refractivity contribution in [3.8, 4) is 5.75 Å². The lowest BCUT2D eigenvalue weighted by Gasteiger charge is -2.52. The molecule has 4 heterocycles. The topological polar surface area (TPSA) is 112 Å². The van der Waals surface area contributed by atoms with Gasteiger partial charge in [0.2, 0.25) is 0 Å². The van der Waals surface area contributed by atoms with Crippen molar-refractivity contribution >= 4 is 23.0 Å². The Bertz CT molecular complexity index is 1010. The first-order valence-electron chi connectivity index (χ1n) is 10.4. The summed E-state index contributed by atoms with van der Waals surface area (Å²) in [6.45, 7) is 5.63. The summed E-state index contributed by atoms with van der Waals surface area (Å²) < 4.78 is 5.38. The Hall–Kier alpha value is -3.13. The molecule has 5 rings (SSSR count). The third-order valence-corrected chi connectivity index (χ3v) is 6.81. The maximum Gasteiger partial charge on any atom is 0.405 e. The predicted molar refractivity (Wildman–Crippen MR) is 115 cm³/mol. The molecule has 0 saturated carbocycles. The van der Waals surface area contributed by atoms with Crippen LogP contribution in [0.4, 0.5) is 4.79 Å². The molecule has 0 spiro atoms. The normalized spacial score (nSPS) is 26.7. The van der Waals surface area contributed by atoms with Gasteiger partial charge in [0.1, 0.15) is 11.8 Å². The number of carboxylic acids is 1. The number of rotatable bonds is 7. The Balaban J connectivity index is 1.86. The van der Waals surface area contributed by atoms with E-state index in [4.69, 9.17) is 4.74 Å². The van der Waals surface area contributed by atoms with E-state index < -0.39 is 24.0 Å². The van der Waals surface area contributed by atoms with Gasteiger partial charge < -0.3 is 20.3 Å². The van der Waals surface area contributed by atoms with Gasteiger partial charge in [0.05, 0.1) is 12.6 Å². The Morgan fingerprint density at radius 3 is 2.77 bits per heavy atom. The minimum absolute atomic E-state index is 0.111. The zero-order valence-electron chi connectivity index (χ0n) is 17.4. The molecule has 3 fully saturated rings. The largest absolute Gasteiger partial charge is 0.497 e. The summed E-state index contributed by atoms with van der Waals surface area (Å²) in [7, 11) is 1.57. The van der Waals surface area contributed by atoms with Crippen LogP contribution in [0, 0.1) is 11.8 Å². The first-order valence-corrected chi connectivity index (χ1v) is 10.4. The van der Waals surface area contributed by atoms with E-state index in [0.29, 0.717) is 23.1 Å². The molecule has 1 aromatic carbocycles. The van der Waals surface area contributed by atoms with Crippen LogP contribution < -0.4 is 10.1 Å². The van der Waals surface area contributed by atoms with Crippen molar-refractivity contribution in [2.75, 3.05) is 20.2 Å². The van der Waals surface area contributed by atoms with Gasteiger partial charge in [-0.25, -0.2) is 9.59 Å². The van der Waals surface area contributed by atoms with Gasteiger partial charge >= 0.3 is 12.1 Å². The molecule has 3 saturated heterocycles. The highest BCUT2D eigenvalue weighted by atomic mass is 16.5. The quantitative estimate of drug-likeness (QED) is 0.585. The number of ether oxygens (including phenoxy) is 1. The molecular formula is C23H27N3O5. The first-order chi connectivity index (χ1) is 14.9. The number of piperidine rings is 3. The molecule has 2 bridgehead atoms. The lowest BCUT2D eigenvalue weighted by atomic mass is 9.69. The second kappa shape index (κ2) is 8.55. The SMILES string of the molecule is C=CC1CN2CCC1CC2C(c1ccnc2ccc(OC)cc12)C(NC(=O)O)C(=O)O. The zero-order valence-corrected chi connectivity index (χ0v) is 17.4. The van der Waals surface area contributed by atoms with Crippen LogP contribution in [0.1, 0.15) is 24.3 Å². The molecule has 0 aliphatic carbocycles. The van der Waals surface area contributed by atoms with Gasteiger partial charge in [-0.3, -0.25) is 9.88 Å². The number of carbonyl (C=O) groups is 2. The number of aromatic nitrogens is 1. The molecule has 6 unspecified atom stereocenters. The Morgan fingerprint density at radius 2 is 2.16 bits per heavy atom. The number of methoxy groups -OCH3 is 1. The number of nitrogens with one attached hydrogen (secondary N) is 1. The van der Waals surface area contributed by atoms with E-state index in [1.807, 2.05) is 18.2 Å². The molecule has 0 radical (unpaired) electrons. The van der Waals surface area contributed by atoms with Gasteiger partial charge in [-0.15, -0.1) is 6.58 Å². The summed E-state index contributed by atoms with van der Waals surface area (Å²) in [6, 6.07) is 5.88. The number of amides is 1. The predicted octanol–water partition coefficient (Wildman–Crippen LogP) is 2.94. The highest BCUT2D eigenvalue weighted by molar-refractivity contribution is 5.87. The van der Waals surface area contributed by atoms with Gasteiger partial charge in [-0.1, -0.05) is 6.08 Å². The van der Waals surface area contributed by atoms with Crippen LogP contribution >= 0.6 is 0 Å². The smallest absolute Gasteiger partial charge is 0.405 e. The molecule has 3 aliphatic heterocycles. The summed E-state index contributed by atoms with van der Waals surface area (Å²) in [6.07, 6.45) is 4.11. The molecular weight excluding hydrogens is 398 g/mol. The van der Waals surface area contributed by atoms with Crippen molar-refractivity contribution in [1.29, 1.82) is 0 Å². The average molecular weight is 425 g/mol. The summed E-state index contributed by atoms with van der Waals surface area (Å²) in [5.74, 6) is -0.355. The summed E-state index contributed by atoms with van der Waals surface area (Å²) in [5, 5.41) is 22.5. The van der Waals surface area contributed by atoms with E-state index in [0.717, 1.165) is 36.9 Å². The zero-order chi connectivity index (χ0) is 22.1. The highest BCUT2D eigenvalue weighted by Gasteiger charge is 2.47. The van der Waals surface area contributed by atoms with E-state index in [1.54, 1.807) is 25.4 Å². The second-order valence-corrected chi connectivity index (χ2v) is 8.32. The monoisotopic (exact) mass is 425 g/mol. The lowest BCUT2D eigenvalue weighted by molar-refractivity contribution is -0.141. The summed E-state index contributed by atoms with van der Waals surface area (Å²) in [5.41, 5.74) is 1.47. The average Bonchev–Trinajstić information content (AvgIpc) is 2.78. The van der Waals surface area contributed by atoms with Gasteiger partial charge in [0, 0.05) is 30.1 Å². The molecule has 8 nitrogen and oxygen atoms in total. The van der Waals surface area contributed by atoms with Crippen LogP contribution in [0.2, 0.25) is 0 Å². The van der Waals surface area contributed by atoms with Crippen molar-refractivity contribution in [3.63, 3.8) is 0 Å². The highest BCUT2D eigenvalue weighted by Crippen LogP contribution is 2.44. The van der Waals surface area contributed by atoms with Gasteiger partial charge in [-0.05, 0) is 61.1 Å². The maximum absolute atomic E-state index is 12.3. The Morgan fingerprint density at radius 1 is 1.35 bits per heavy atom. The number of aliphatic carboxylic acids is 1. The fraction of sp³-hybridized carbons (Fsp3) is 0.435. The van der Waals surface area contributed by atoms with Crippen molar-refractivity contribution in [3.05, 3.63) is 48.7 Å². The van der Waals surface area contributed by atoms with E-state index in [9.17, 15) is 19.8 Å². The Labute approximate surface area is 180 Å². The fourth-order valence-corrected chi connectivity index (χ4v) is 5.36. The van der Waals surface area contributed by atoms with Crippen LogP contribution in [0.25, 0.3) is 10.9 Å². The lowest BCUT2D eigenvalue weighted by Crippen LogP contribution is -2.59.